The number of carbonyl (C=O) groups is 1. The van der Waals surface area contributed by atoms with Gasteiger partial charge in [0.05, 0.1) is 11.2 Å². The summed E-state index contributed by atoms with van der Waals surface area (Å²) in [5.41, 5.74) is 5.84. The largest absolute Gasteiger partial charge is 0.271 e. The third-order valence-electron chi connectivity index (χ3n) is 3.72. The number of halogens is 1. The Bertz CT molecular complexity index is 901. The Hall–Kier alpha value is -2.54. The van der Waals surface area contributed by atoms with Crippen LogP contribution in [-0.4, -0.2) is 26.6 Å². The van der Waals surface area contributed by atoms with Gasteiger partial charge in [0.15, 0.2) is 0 Å². The zero-order valence-electron chi connectivity index (χ0n) is 13.3. The van der Waals surface area contributed by atoms with Gasteiger partial charge < -0.3 is 0 Å². The fourth-order valence-corrected chi connectivity index (χ4v) is 2.54. The summed E-state index contributed by atoms with van der Waals surface area (Å²) < 4.78 is 2.59. The highest BCUT2D eigenvalue weighted by Gasteiger charge is 2.18. The van der Waals surface area contributed by atoms with E-state index in [4.69, 9.17) is 0 Å². The number of fused-ring (bicyclic) bond motifs is 1. The number of amides is 1. The van der Waals surface area contributed by atoms with Crippen LogP contribution in [0, 0.1) is 0 Å². The molecule has 1 N–H and O–H groups in total. The molecule has 0 bridgehead atoms. The van der Waals surface area contributed by atoms with Crippen molar-refractivity contribution in [2.24, 2.45) is 5.10 Å². The molecule has 0 saturated carbocycles. The zero-order chi connectivity index (χ0) is 17.1. The van der Waals surface area contributed by atoms with Crippen molar-refractivity contribution in [3.8, 4) is 0 Å². The summed E-state index contributed by atoms with van der Waals surface area (Å²) >= 11 is 3.39. The lowest BCUT2D eigenvalue weighted by molar-refractivity contribution is -0.124. The molecular formula is C17H16BrN5O. The molecule has 2 aromatic carbocycles. The topological polar surface area (TPSA) is 72.2 Å². The Labute approximate surface area is 147 Å². The van der Waals surface area contributed by atoms with Crippen LogP contribution in [0.25, 0.3) is 11.0 Å². The van der Waals surface area contributed by atoms with Gasteiger partial charge in [-0.3, -0.25) is 4.79 Å². The van der Waals surface area contributed by atoms with E-state index >= 15 is 0 Å². The first-order valence-electron chi connectivity index (χ1n) is 7.46. The average Bonchev–Trinajstić information content (AvgIpc) is 3.03. The van der Waals surface area contributed by atoms with E-state index in [1.54, 1.807) is 11.6 Å². The maximum absolute atomic E-state index is 12.4. The molecular weight excluding hydrogens is 370 g/mol. The Kier molecular flexibility index (Phi) is 4.71. The molecule has 0 aliphatic carbocycles. The molecule has 3 rings (SSSR count). The van der Waals surface area contributed by atoms with Crippen LogP contribution in [0.2, 0.25) is 0 Å². The van der Waals surface area contributed by atoms with Crippen LogP contribution >= 0.6 is 15.9 Å². The van der Waals surface area contributed by atoms with Gasteiger partial charge in [-0.1, -0.05) is 45.4 Å². The maximum atomic E-state index is 12.4. The molecule has 1 aromatic heterocycles. The monoisotopic (exact) mass is 385 g/mol. The molecule has 1 atom stereocenters. The fraction of sp³-hybridized carbons (Fsp3) is 0.176. The summed E-state index contributed by atoms with van der Waals surface area (Å²) in [7, 11) is 0. The van der Waals surface area contributed by atoms with Crippen molar-refractivity contribution in [3.63, 3.8) is 0 Å². The second-order valence-corrected chi connectivity index (χ2v) is 6.29. The number of aromatic nitrogens is 3. The molecule has 0 spiro atoms. The van der Waals surface area contributed by atoms with Crippen LogP contribution in [0.4, 0.5) is 0 Å². The smallest absolute Gasteiger partial charge is 0.264 e. The third-order valence-corrected chi connectivity index (χ3v) is 4.25. The van der Waals surface area contributed by atoms with E-state index in [2.05, 4.69) is 36.8 Å². The van der Waals surface area contributed by atoms with Crippen molar-refractivity contribution in [3.05, 3.63) is 58.6 Å². The van der Waals surface area contributed by atoms with Crippen molar-refractivity contribution >= 4 is 38.6 Å². The first kappa shape index (κ1) is 16.3. The van der Waals surface area contributed by atoms with Crippen molar-refractivity contribution in [2.75, 3.05) is 0 Å². The second kappa shape index (κ2) is 6.92. The van der Waals surface area contributed by atoms with Crippen LogP contribution < -0.4 is 5.43 Å². The first-order chi connectivity index (χ1) is 11.6. The highest BCUT2D eigenvalue weighted by molar-refractivity contribution is 9.10. The molecule has 1 heterocycles. The van der Waals surface area contributed by atoms with Crippen LogP contribution in [0.15, 0.2) is 58.1 Å². The van der Waals surface area contributed by atoms with E-state index < -0.39 is 6.04 Å². The third kappa shape index (κ3) is 3.35. The van der Waals surface area contributed by atoms with Crippen LogP contribution in [0.3, 0.4) is 0 Å². The fourth-order valence-electron chi connectivity index (χ4n) is 2.27. The molecule has 1 unspecified atom stereocenters. The lowest BCUT2D eigenvalue weighted by Crippen LogP contribution is -2.28. The lowest BCUT2D eigenvalue weighted by Gasteiger charge is -2.11. The van der Waals surface area contributed by atoms with E-state index in [-0.39, 0.29) is 5.91 Å². The van der Waals surface area contributed by atoms with Crippen molar-refractivity contribution in [1.82, 2.24) is 20.4 Å². The molecule has 0 radical (unpaired) electrons. The van der Waals surface area contributed by atoms with Crippen molar-refractivity contribution in [2.45, 2.75) is 19.9 Å². The predicted molar refractivity (Wildman–Crippen MR) is 96.7 cm³/mol. The van der Waals surface area contributed by atoms with E-state index in [0.717, 1.165) is 26.8 Å². The zero-order valence-corrected chi connectivity index (χ0v) is 14.9. The summed E-state index contributed by atoms with van der Waals surface area (Å²) in [5, 5.41) is 12.3. The summed E-state index contributed by atoms with van der Waals surface area (Å²) in [6, 6.07) is 14.7. The van der Waals surface area contributed by atoms with Crippen molar-refractivity contribution in [1.29, 1.82) is 0 Å². The summed E-state index contributed by atoms with van der Waals surface area (Å²) in [4.78, 5) is 12.4. The molecule has 6 nitrogen and oxygen atoms in total. The van der Waals surface area contributed by atoms with Gasteiger partial charge in [-0.15, -0.1) is 5.10 Å². The summed E-state index contributed by atoms with van der Waals surface area (Å²) in [6.45, 7) is 3.61. The first-order valence-corrected chi connectivity index (χ1v) is 8.25. The number of hydrogen-bond acceptors (Lipinski definition) is 4. The molecule has 1 amide bonds. The van der Waals surface area contributed by atoms with Gasteiger partial charge in [-0.2, -0.15) is 5.10 Å². The summed E-state index contributed by atoms with van der Waals surface area (Å²) in [5.74, 6) is -0.248. The number of hydrogen-bond donors (Lipinski definition) is 1. The molecule has 7 heteroatoms. The molecule has 0 saturated heterocycles. The van der Waals surface area contributed by atoms with Gasteiger partial charge in [0, 0.05) is 4.47 Å². The minimum Gasteiger partial charge on any atom is -0.271 e. The molecule has 24 heavy (non-hydrogen) atoms. The normalized spacial score (nSPS) is 13.0. The SMILES string of the molecule is CC(=NNC(=O)C(C)n1nnc2ccccc21)c1ccc(Br)cc1. The van der Waals surface area contributed by atoms with Gasteiger partial charge in [0.2, 0.25) is 0 Å². The van der Waals surface area contributed by atoms with Crippen LogP contribution in [0.5, 0.6) is 0 Å². The minimum atomic E-state index is -0.515. The lowest BCUT2D eigenvalue weighted by atomic mass is 10.1. The quantitative estimate of drug-likeness (QED) is 0.553. The van der Waals surface area contributed by atoms with Gasteiger partial charge >= 0.3 is 0 Å². The highest BCUT2D eigenvalue weighted by Crippen LogP contribution is 2.15. The van der Waals surface area contributed by atoms with Gasteiger partial charge in [0.25, 0.3) is 5.91 Å². The molecule has 0 aliphatic heterocycles. The van der Waals surface area contributed by atoms with Gasteiger partial charge in [0.1, 0.15) is 11.6 Å². The van der Waals surface area contributed by atoms with E-state index in [0.29, 0.717) is 0 Å². The van der Waals surface area contributed by atoms with E-state index in [1.807, 2.05) is 55.5 Å². The Morgan fingerprint density at radius 2 is 1.92 bits per heavy atom. The van der Waals surface area contributed by atoms with E-state index in [9.17, 15) is 4.79 Å². The van der Waals surface area contributed by atoms with Crippen LogP contribution in [-0.2, 0) is 4.79 Å². The Balaban J connectivity index is 1.74. The van der Waals surface area contributed by atoms with E-state index in [1.165, 1.54) is 0 Å². The molecule has 122 valence electrons. The number of nitrogens with zero attached hydrogens (tertiary/aromatic N) is 4. The van der Waals surface area contributed by atoms with Gasteiger partial charge in [-0.25, -0.2) is 10.1 Å². The Morgan fingerprint density at radius 3 is 2.67 bits per heavy atom. The number of nitrogens with one attached hydrogen (secondary N) is 1. The summed E-state index contributed by atoms with van der Waals surface area (Å²) in [6.07, 6.45) is 0. The Morgan fingerprint density at radius 1 is 1.21 bits per heavy atom. The number of benzene rings is 2. The predicted octanol–water partition coefficient (Wildman–Crippen LogP) is 3.30. The number of rotatable bonds is 4. The molecule has 0 aliphatic rings. The number of para-hydroxylation sites is 1. The minimum absolute atomic E-state index is 0.248. The highest BCUT2D eigenvalue weighted by atomic mass is 79.9. The van der Waals surface area contributed by atoms with Gasteiger partial charge in [-0.05, 0) is 43.7 Å². The maximum Gasteiger partial charge on any atom is 0.264 e. The van der Waals surface area contributed by atoms with Crippen LogP contribution in [0.1, 0.15) is 25.5 Å². The second-order valence-electron chi connectivity index (χ2n) is 5.38. The number of carbonyl (C=O) groups excluding carboxylic acids is 1. The molecule has 3 aromatic rings. The number of hydrazone groups is 1. The van der Waals surface area contributed by atoms with Crippen molar-refractivity contribution < 1.29 is 4.79 Å². The standard InChI is InChI=1S/C17H16BrN5O/c1-11(13-7-9-14(18)10-8-13)19-21-17(24)12(2)23-16-6-4-3-5-15(16)20-22-23/h3-10,12H,1-2H3,(H,21,24). The average molecular weight is 386 g/mol. The molecule has 0 fully saturated rings.